The quantitative estimate of drug-likeness (QED) is 0.360. The van der Waals surface area contributed by atoms with E-state index in [1.807, 2.05) is 0 Å². The van der Waals surface area contributed by atoms with Gasteiger partial charge in [0.2, 0.25) is 0 Å². The molecule has 0 aromatic rings. The molecule has 5 atom stereocenters. The van der Waals surface area contributed by atoms with Gasteiger partial charge in [-0.2, -0.15) is 0 Å². The number of rotatable bonds is 4. The van der Waals surface area contributed by atoms with Gasteiger partial charge in [0.05, 0.1) is 5.41 Å². The number of hydrogen-bond acceptors (Lipinski definition) is 1. The summed E-state index contributed by atoms with van der Waals surface area (Å²) in [7, 11) is 0. The number of nitrogens with zero attached hydrogens (tertiary/aromatic N) is 2. The number of ketones is 1. The van der Waals surface area contributed by atoms with Crippen LogP contribution in [-0.2, 0) is 4.79 Å². The van der Waals surface area contributed by atoms with Crippen LogP contribution in [0.25, 0.3) is 9.69 Å². The second-order valence-electron chi connectivity index (χ2n) is 10.9. The van der Waals surface area contributed by atoms with E-state index in [-0.39, 0.29) is 16.6 Å². The third kappa shape index (κ3) is 2.59. The highest BCUT2D eigenvalue weighted by Gasteiger charge is 2.74. The van der Waals surface area contributed by atoms with E-state index in [9.17, 15) is 4.79 Å². The van der Waals surface area contributed by atoms with Gasteiger partial charge in [0.15, 0.2) is 0 Å². The summed E-state index contributed by atoms with van der Waals surface area (Å²) in [5.74, 6) is 1.29. The average molecular weight is 415 g/mol. The maximum atomic E-state index is 13.9. The Balaban J connectivity index is 1.91. The highest BCUT2D eigenvalue weighted by Crippen LogP contribution is 2.69. The molecule has 0 spiro atoms. The molecule has 0 N–H and O–H groups in total. The van der Waals surface area contributed by atoms with Gasteiger partial charge in [-0.1, -0.05) is 49.8 Å². The van der Waals surface area contributed by atoms with Crippen molar-refractivity contribution < 1.29 is 4.79 Å². The summed E-state index contributed by atoms with van der Waals surface area (Å²) in [6.07, 6.45) is 12.6. The van der Waals surface area contributed by atoms with Gasteiger partial charge in [0.1, 0.15) is 6.42 Å². The Kier molecular flexibility index (Phi) is 4.97. The van der Waals surface area contributed by atoms with Crippen molar-refractivity contribution >= 4 is 5.78 Å². The van der Waals surface area contributed by atoms with Gasteiger partial charge >= 0.3 is 11.4 Å². The van der Waals surface area contributed by atoms with E-state index in [4.69, 9.17) is 13.1 Å². The van der Waals surface area contributed by atoms with Crippen molar-refractivity contribution in [1.82, 2.24) is 0 Å². The molecule has 31 heavy (non-hydrogen) atoms. The second kappa shape index (κ2) is 7.06. The summed E-state index contributed by atoms with van der Waals surface area (Å²) in [5, 5.41) is 0. The number of fused-ring (bicyclic) bond motifs is 5. The van der Waals surface area contributed by atoms with Crippen LogP contribution in [0.1, 0.15) is 65.2 Å². The number of allylic oxidation sites excluding steroid dienone is 5. The van der Waals surface area contributed by atoms with E-state index in [0.717, 1.165) is 31.3 Å². The molecule has 0 bridgehead atoms. The molecular weight excluding hydrogens is 380 g/mol. The smallest absolute Gasteiger partial charge is 0.280 e. The Labute approximate surface area is 187 Å². The van der Waals surface area contributed by atoms with E-state index >= 15 is 0 Å². The van der Waals surface area contributed by atoms with Crippen molar-refractivity contribution in [3.05, 3.63) is 71.9 Å². The molecule has 3 saturated carbocycles. The van der Waals surface area contributed by atoms with Crippen LogP contribution in [0.5, 0.6) is 0 Å². The summed E-state index contributed by atoms with van der Waals surface area (Å²) < 4.78 is 0. The maximum absolute atomic E-state index is 13.9. The normalized spacial score (nSPS) is 39.7. The van der Waals surface area contributed by atoms with Crippen LogP contribution >= 0.6 is 0 Å². The molecular formula is C28H34N2O. The van der Waals surface area contributed by atoms with Gasteiger partial charge in [-0.25, -0.2) is 22.8 Å². The summed E-state index contributed by atoms with van der Waals surface area (Å²) >= 11 is 0. The van der Waals surface area contributed by atoms with E-state index in [1.165, 1.54) is 12.0 Å². The predicted molar refractivity (Wildman–Crippen MR) is 125 cm³/mol. The zero-order chi connectivity index (χ0) is 22.7. The lowest BCUT2D eigenvalue weighted by molar-refractivity contribution is -0.137. The number of carbonyl (C=O) groups is 1. The molecule has 3 nitrogen and oxygen atoms in total. The molecule has 3 fully saturated rings. The third-order valence-electron chi connectivity index (χ3n) is 9.70. The molecule has 0 radical (unpaired) electrons. The van der Waals surface area contributed by atoms with Crippen molar-refractivity contribution in [3.63, 3.8) is 0 Å². The first-order valence-corrected chi connectivity index (χ1v) is 11.6. The molecule has 0 amide bonds. The maximum Gasteiger partial charge on any atom is 0.544 e. The number of Topliss-reactive ketones (excluding diaryl/α,β-unsaturated/α-hetero) is 1. The van der Waals surface area contributed by atoms with Crippen LogP contribution < -0.4 is 0 Å². The predicted octanol–water partition coefficient (Wildman–Crippen LogP) is 6.97. The lowest BCUT2D eigenvalue weighted by Crippen LogP contribution is -2.61. The molecule has 4 aliphatic rings. The standard InChI is InChI=1S/C28H34N2O/c1-8-15-27(16-9-2)23-13-11-20-21-12-10-19(3)25(21,4)17-14-22(20)26(23,5)18-28(29-6,30-7)24(27)31/h8-9,13,20-22H,1-3,10-12,14-18H2,4-5H3/t20-,21-,22-,25+,26+/m0/s1. The lowest BCUT2D eigenvalue weighted by atomic mass is 9.42. The molecule has 3 heteroatoms. The molecule has 0 unspecified atom stereocenters. The largest absolute Gasteiger partial charge is 0.544 e. The van der Waals surface area contributed by atoms with Gasteiger partial charge < -0.3 is 0 Å². The summed E-state index contributed by atoms with van der Waals surface area (Å²) in [4.78, 5) is 21.4. The Morgan fingerprint density at radius 1 is 1.10 bits per heavy atom. The average Bonchev–Trinajstić information content (AvgIpc) is 3.06. The summed E-state index contributed by atoms with van der Waals surface area (Å²) in [5.41, 5.74) is -0.0585. The topological polar surface area (TPSA) is 25.8 Å². The number of hydrogen-bond donors (Lipinski definition) is 0. The highest BCUT2D eigenvalue weighted by atomic mass is 16.1. The molecule has 4 rings (SSSR count). The minimum Gasteiger partial charge on any atom is -0.280 e. The van der Waals surface area contributed by atoms with Gasteiger partial charge in [-0.3, -0.25) is 4.79 Å². The molecule has 162 valence electrons. The zero-order valence-electron chi connectivity index (χ0n) is 19.0. The van der Waals surface area contributed by atoms with E-state index in [1.54, 1.807) is 12.2 Å². The molecule has 0 saturated heterocycles. The fraction of sp³-hybridized carbons (Fsp3) is 0.607. The van der Waals surface area contributed by atoms with Crippen LogP contribution in [0.2, 0.25) is 0 Å². The summed E-state index contributed by atoms with van der Waals surface area (Å²) in [6, 6.07) is 0. The van der Waals surface area contributed by atoms with Crippen LogP contribution in [-0.4, -0.2) is 11.4 Å². The van der Waals surface area contributed by atoms with Crippen molar-refractivity contribution in [2.45, 2.75) is 70.9 Å². The Morgan fingerprint density at radius 2 is 1.71 bits per heavy atom. The van der Waals surface area contributed by atoms with Crippen molar-refractivity contribution in [2.75, 3.05) is 0 Å². The monoisotopic (exact) mass is 414 g/mol. The highest BCUT2D eigenvalue weighted by molar-refractivity contribution is 6.01. The van der Waals surface area contributed by atoms with Crippen molar-refractivity contribution in [1.29, 1.82) is 0 Å². The van der Waals surface area contributed by atoms with E-state index in [0.29, 0.717) is 37.0 Å². The Hall–Kier alpha value is -2.39. The first-order valence-electron chi connectivity index (χ1n) is 11.6. The van der Waals surface area contributed by atoms with Gasteiger partial charge in [-0.15, -0.1) is 13.2 Å². The molecule has 4 aliphatic carbocycles. The van der Waals surface area contributed by atoms with Gasteiger partial charge in [-0.05, 0) is 68.1 Å². The number of carbonyl (C=O) groups excluding carboxylic acids is 1. The molecule has 0 aliphatic heterocycles. The Morgan fingerprint density at radius 3 is 2.29 bits per heavy atom. The van der Waals surface area contributed by atoms with Gasteiger partial charge in [0, 0.05) is 5.41 Å². The first-order chi connectivity index (χ1) is 14.7. The fourth-order valence-corrected chi connectivity index (χ4v) is 8.25. The Bertz CT molecular complexity index is 948. The van der Waals surface area contributed by atoms with Crippen molar-refractivity contribution in [3.8, 4) is 0 Å². The molecule has 0 aromatic heterocycles. The van der Waals surface area contributed by atoms with Crippen LogP contribution in [0, 0.1) is 47.1 Å². The second-order valence-corrected chi connectivity index (χ2v) is 10.9. The lowest BCUT2D eigenvalue weighted by Gasteiger charge is -2.59. The van der Waals surface area contributed by atoms with Crippen LogP contribution in [0.15, 0.2) is 49.1 Å². The fourth-order valence-electron chi connectivity index (χ4n) is 8.25. The van der Waals surface area contributed by atoms with Crippen LogP contribution in [0.3, 0.4) is 0 Å². The van der Waals surface area contributed by atoms with E-state index < -0.39 is 11.1 Å². The molecule has 0 heterocycles. The van der Waals surface area contributed by atoms with Crippen LogP contribution in [0.4, 0.5) is 0 Å². The minimum absolute atomic E-state index is 0.212. The third-order valence-corrected chi connectivity index (χ3v) is 9.70. The first kappa shape index (κ1) is 21.8. The van der Waals surface area contributed by atoms with E-state index in [2.05, 4.69) is 49.4 Å². The van der Waals surface area contributed by atoms with Crippen molar-refractivity contribution in [2.24, 2.45) is 34.0 Å². The SMILES string of the molecule is [C-]#[N+]C1([N+]#[C-])C[C@@]2(C)C(=CC[C@@H]3[C@@H]2CC[C@]2(C)C(=C)CC[C@@H]32)C(CC=C)(CC=C)C1=O. The van der Waals surface area contributed by atoms with Gasteiger partial charge in [0.25, 0.3) is 0 Å². The summed E-state index contributed by atoms with van der Waals surface area (Å²) in [6.45, 7) is 32.8. The minimum atomic E-state index is -1.64. The molecule has 0 aromatic carbocycles. The zero-order valence-corrected chi connectivity index (χ0v) is 19.0.